The van der Waals surface area contributed by atoms with Crippen LogP contribution < -0.4 is 0 Å². The van der Waals surface area contributed by atoms with Crippen molar-refractivity contribution in [3.63, 3.8) is 0 Å². The average Bonchev–Trinajstić information content (AvgIpc) is 2.93. The number of ether oxygens (including phenoxy) is 2. The summed E-state index contributed by atoms with van der Waals surface area (Å²) >= 11 is 0. The van der Waals surface area contributed by atoms with Crippen molar-refractivity contribution in [1.82, 2.24) is 4.90 Å². The molecule has 6 nitrogen and oxygen atoms in total. The Hall–Kier alpha value is -1.30. The normalized spacial score (nSPS) is 31.8. The Morgan fingerprint density at radius 1 is 1.35 bits per heavy atom. The van der Waals surface area contributed by atoms with Crippen molar-refractivity contribution in [2.75, 3.05) is 13.2 Å². The summed E-state index contributed by atoms with van der Waals surface area (Å²) in [5.74, 6) is -0.418. The Labute approximate surface area is 119 Å². The second-order valence-electron chi connectivity index (χ2n) is 6.60. The van der Waals surface area contributed by atoms with Crippen LogP contribution in [0.15, 0.2) is 0 Å². The SMILES string of the molecule is CCOC(=O)[C@@H]1C[C@]2(CO)CC2N1C(=O)OC(C)(C)C. The largest absolute Gasteiger partial charge is 0.464 e. The second kappa shape index (κ2) is 4.91. The van der Waals surface area contributed by atoms with Gasteiger partial charge in [0.25, 0.3) is 0 Å². The third kappa shape index (κ3) is 2.61. The van der Waals surface area contributed by atoms with Gasteiger partial charge in [0.1, 0.15) is 11.6 Å². The molecule has 0 bridgehead atoms. The zero-order valence-electron chi connectivity index (χ0n) is 12.5. The number of nitrogens with zero attached hydrogens (tertiary/aromatic N) is 1. The Balaban J connectivity index is 2.15. The van der Waals surface area contributed by atoms with Crippen LogP contribution in [-0.4, -0.2) is 53.0 Å². The maximum absolute atomic E-state index is 12.3. The minimum atomic E-state index is -0.643. The molecule has 1 N–H and O–H groups in total. The smallest absolute Gasteiger partial charge is 0.411 e. The zero-order chi connectivity index (χ0) is 15.1. The fourth-order valence-corrected chi connectivity index (χ4v) is 2.88. The number of carbonyl (C=O) groups excluding carboxylic acids is 2. The lowest BCUT2D eigenvalue weighted by molar-refractivity contribution is -0.149. The third-order valence-electron chi connectivity index (χ3n) is 3.90. The number of hydrogen-bond donors (Lipinski definition) is 1. The molecule has 3 atom stereocenters. The minimum Gasteiger partial charge on any atom is -0.464 e. The van der Waals surface area contributed by atoms with Crippen LogP contribution >= 0.6 is 0 Å². The van der Waals surface area contributed by atoms with E-state index in [4.69, 9.17) is 9.47 Å². The number of hydrogen-bond acceptors (Lipinski definition) is 5. The number of fused-ring (bicyclic) bond motifs is 1. The highest BCUT2D eigenvalue weighted by atomic mass is 16.6. The lowest BCUT2D eigenvalue weighted by Crippen LogP contribution is -2.46. The summed E-state index contributed by atoms with van der Waals surface area (Å²) in [4.78, 5) is 25.7. The summed E-state index contributed by atoms with van der Waals surface area (Å²) in [5.41, 5.74) is -0.954. The Morgan fingerprint density at radius 2 is 2.00 bits per heavy atom. The van der Waals surface area contributed by atoms with Gasteiger partial charge in [0.2, 0.25) is 0 Å². The summed E-state index contributed by atoms with van der Waals surface area (Å²) in [6.07, 6.45) is 0.665. The molecule has 1 aliphatic carbocycles. The first-order valence-electron chi connectivity index (χ1n) is 7.03. The van der Waals surface area contributed by atoms with E-state index in [2.05, 4.69) is 0 Å². The number of piperidine rings is 1. The molecule has 1 amide bonds. The summed E-state index contributed by atoms with van der Waals surface area (Å²) < 4.78 is 10.4. The molecule has 1 saturated heterocycles. The van der Waals surface area contributed by atoms with Gasteiger partial charge in [-0.05, 0) is 40.5 Å². The molecule has 0 aromatic rings. The van der Waals surface area contributed by atoms with Gasteiger partial charge in [-0.1, -0.05) is 0 Å². The van der Waals surface area contributed by atoms with Crippen LogP contribution in [-0.2, 0) is 14.3 Å². The molecule has 1 heterocycles. The van der Waals surface area contributed by atoms with E-state index in [-0.39, 0.29) is 24.7 Å². The molecule has 2 aliphatic rings. The molecule has 1 unspecified atom stereocenters. The van der Waals surface area contributed by atoms with Gasteiger partial charge < -0.3 is 14.6 Å². The monoisotopic (exact) mass is 285 g/mol. The van der Waals surface area contributed by atoms with Crippen molar-refractivity contribution in [2.24, 2.45) is 5.41 Å². The van der Waals surface area contributed by atoms with E-state index >= 15 is 0 Å². The molecule has 2 rings (SSSR count). The van der Waals surface area contributed by atoms with E-state index in [0.29, 0.717) is 6.42 Å². The van der Waals surface area contributed by atoms with Crippen LogP contribution in [0.2, 0.25) is 0 Å². The van der Waals surface area contributed by atoms with Gasteiger partial charge in [0, 0.05) is 11.5 Å². The number of amides is 1. The van der Waals surface area contributed by atoms with Crippen LogP contribution in [0.4, 0.5) is 4.79 Å². The van der Waals surface area contributed by atoms with Crippen molar-refractivity contribution < 1.29 is 24.2 Å². The highest BCUT2D eigenvalue weighted by Crippen LogP contribution is 2.59. The average molecular weight is 285 g/mol. The molecule has 1 aliphatic heterocycles. The van der Waals surface area contributed by atoms with E-state index in [1.54, 1.807) is 27.7 Å². The van der Waals surface area contributed by atoms with E-state index in [1.807, 2.05) is 0 Å². The number of rotatable bonds is 3. The van der Waals surface area contributed by atoms with Crippen molar-refractivity contribution in [2.45, 2.75) is 58.2 Å². The Morgan fingerprint density at radius 3 is 2.50 bits per heavy atom. The van der Waals surface area contributed by atoms with Crippen molar-refractivity contribution in [3.05, 3.63) is 0 Å². The molecule has 20 heavy (non-hydrogen) atoms. The molecular weight excluding hydrogens is 262 g/mol. The van der Waals surface area contributed by atoms with Gasteiger partial charge in [-0.2, -0.15) is 0 Å². The van der Waals surface area contributed by atoms with Gasteiger partial charge in [0.15, 0.2) is 0 Å². The topological polar surface area (TPSA) is 76.1 Å². The fraction of sp³-hybridized carbons (Fsp3) is 0.857. The highest BCUT2D eigenvalue weighted by Gasteiger charge is 2.68. The van der Waals surface area contributed by atoms with Crippen LogP contribution in [0.5, 0.6) is 0 Å². The van der Waals surface area contributed by atoms with Crippen LogP contribution in [0.25, 0.3) is 0 Å². The molecule has 2 fully saturated rings. The summed E-state index contributed by atoms with van der Waals surface area (Å²) in [7, 11) is 0. The van der Waals surface area contributed by atoms with E-state index in [1.165, 1.54) is 4.90 Å². The number of aliphatic hydroxyl groups is 1. The van der Waals surface area contributed by atoms with Crippen LogP contribution in [0.1, 0.15) is 40.5 Å². The molecular formula is C14H23NO5. The van der Waals surface area contributed by atoms with E-state index in [0.717, 1.165) is 6.42 Å². The van der Waals surface area contributed by atoms with Gasteiger partial charge >= 0.3 is 12.1 Å². The Bertz CT molecular complexity index is 416. The molecule has 114 valence electrons. The quantitative estimate of drug-likeness (QED) is 0.791. The predicted molar refractivity (Wildman–Crippen MR) is 71.0 cm³/mol. The first-order valence-corrected chi connectivity index (χ1v) is 7.03. The van der Waals surface area contributed by atoms with Crippen molar-refractivity contribution in [3.8, 4) is 0 Å². The number of esters is 1. The predicted octanol–water partition coefficient (Wildman–Crippen LogP) is 1.31. The number of aliphatic hydroxyl groups excluding tert-OH is 1. The minimum absolute atomic E-state index is 0.0210. The highest BCUT2D eigenvalue weighted by molar-refractivity contribution is 5.83. The maximum atomic E-state index is 12.3. The number of likely N-dealkylation sites (tertiary alicyclic amines) is 1. The lowest BCUT2D eigenvalue weighted by atomic mass is 10.0. The summed E-state index contributed by atoms with van der Waals surface area (Å²) in [6.45, 7) is 7.33. The molecule has 0 aromatic heterocycles. The fourth-order valence-electron chi connectivity index (χ4n) is 2.88. The lowest BCUT2D eigenvalue weighted by Gasteiger charge is -2.29. The number of carbonyl (C=O) groups is 2. The standard InChI is InChI=1S/C14H23NO5/c1-5-19-11(17)9-6-14(8-16)7-10(14)15(9)12(18)20-13(2,3)4/h9-10,16H,5-8H2,1-4H3/t9-,10?,14+/m0/s1. The van der Waals surface area contributed by atoms with Gasteiger partial charge in [0.05, 0.1) is 13.2 Å². The Kier molecular flexibility index (Phi) is 3.71. The third-order valence-corrected chi connectivity index (χ3v) is 3.90. The van der Waals surface area contributed by atoms with Crippen molar-refractivity contribution >= 4 is 12.1 Å². The molecule has 0 spiro atoms. The van der Waals surface area contributed by atoms with Crippen molar-refractivity contribution in [1.29, 1.82) is 0 Å². The van der Waals surface area contributed by atoms with Gasteiger partial charge in [-0.15, -0.1) is 0 Å². The summed E-state index contributed by atoms with van der Waals surface area (Å²) in [5, 5.41) is 9.50. The molecule has 1 saturated carbocycles. The molecule has 0 radical (unpaired) electrons. The zero-order valence-corrected chi connectivity index (χ0v) is 12.5. The van der Waals surface area contributed by atoms with E-state index in [9.17, 15) is 14.7 Å². The first-order chi connectivity index (χ1) is 9.24. The van der Waals surface area contributed by atoms with E-state index < -0.39 is 23.7 Å². The first kappa shape index (κ1) is 15.1. The van der Waals surface area contributed by atoms with Crippen LogP contribution in [0.3, 0.4) is 0 Å². The van der Waals surface area contributed by atoms with Crippen LogP contribution in [0, 0.1) is 5.41 Å². The maximum Gasteiger partial charge on any atom is 0.411 e. The van der Waals surface area contributed by atoms with Gasteiger partial charge in [-0.25, -0.2) is 9.59 Å². The van der Waals surface area contributed by atoms with Gasteiger partial charge in [-0.3, -0.25) is 4.90 Å². The molecule has 0 aromatic carbocycles. The summed E-state index contributed by atoms with van der Waals surface area (Å²) in [6, 6.07) is -0.757. The second-order valence-corrected chi connectivity index (χ2v) is 6.60. The molecule has 6 heteroatoms.